The molecule has 5 rings (SSSR count). The van der Waals surface area contributed by atoms with Crippen LogP contribution >= 0.6 is 0 Å². The number of rotatable bonds is 9. The van der Waals surface area contributed by atoms with Gasteiger partial charge in [-0.2, -0.15) is 0 Å². The van der Waals surface area contributed by atoms with Crippen LogP contribution in [0.3, 0.4) is 0 Å². The van der Waals surface area contributed by atoms with Crippen molar-refractivity contribution in [2.24, 2.45) is 17.8 Å². The van der Waals surface area contributed by atoms with E-state index in [-0.39, 0.29) is 37.7 Å². The molecule has 4 heterocycles. The third kappa shape index (κ3) is 12.4. The van der Waals surface area contributed by atoms with Crippen molar-refractivity contribution in [2.45, 2.75) is 115 Å². The number of aromatic nitrogens is 1. The number of allylic oxidation sites excluding steroid dienone is 3. The van der Waals surface area contributed by atoms with Crippen LogP contribution in [0.1, 0.15) is 65.9 Å². The number of para-hydroxylation sites is 1. The maximum absolute atomic E-state index is 13.6. The van der Waals surface area contributed by atoms with Gasteiger partial charge in [-0.25, -0.2) is 0 Å². The van der Waals surface area contributed by atoms with E-state index in [9.17, 15) is 24.6 Å². The number of fused-ring (bicyclic) bond motifs is 1. The molecule has 3 aliphatic heterocycles. The molecule has 2 fully saturated rings. The molecule has 0 aliphatic carbocycles. The minimum Gasteiger partial charge on any atom is -0.460 e. The fourth-order valence-electron chi connectivity index (χ4n) is 8.45. The predicted molar refractivity (Wildman–Crippen MR) is 223 cm³/mol. The standard InChI is InChI=1S/C46H63N3O10/c1-8-40-37(49-18-22-55-23-19-49)24-29(2)15-16-38(51)30(3)25-35(17-20-50)44(31(4)39(52)27-41(53)58-40)59-46-43(54)42(48(6)7)45(32(5)57-46)56-21-11-12-33-26-34-13-9-10-14-36(34)47-28-33/h9-10,13-16,20,24,26,28,30-32,35,37,39-40,42-46,52,54H,8,17-19,21-23,25,27H2,1-7H3/b16-15+,29-24+/t30-,31+,32-,35+,37+,39-,40-,42-,43-,44-,45-,46+/m1/s1. The number of pyridine rings is 1. The number of hydrogen-bond donors (Lipinski definition) is 2. The van der Waals surface area contributed by atoms with Crippen molar-refractivity contribution in [2.75, 3.05) is 47.0 Å². The normalized spacial score (nSPS) is 34.6. The van der Waals surface area contributed by atoms with Crippen molar-refractivity contribution in [3.8, 4) is 11.8 Å². The molecule has 0 bridgehead atoms. The second-order valence-electron chi connectivity index (χ2n) is 16.4. The van der Waals surface area contributed by atoms with Crippen molar-refractivity contribution in [3.05, 3.63) is 65.9 Å². The molecule has 0 saturated carbocycles. The number of ether oxygens (including phenoxy) is 5. The van der Waals surface area contributed by atoms with Gasteiger partial charge >= 0.3 is 5.97 Å². The number of carbonyl (C=O) groups is 3. The van der Waals surface area contributed by atoms with Crippen LogP contribution in [-0.2, 0) is 38.1 Å². The van der Waals surface area contributed by atoms with Crippen LogP contribution < -0.4 is 0 Å². The van der Waals surface area contributed by atoms with Crippen LogP contribution in [-0.4, -0.2) is 145 Å². The third-order valence-corrected chi connectivity index (χ3v) is 11.8. The highest BCUT2D eigenvalue weighted by Crippen LogP contribution is 2.35. The highest BCUT2D eigenvalue weighted by atomic mass is 16.7. The number of aliphatic hydroxyl groups excluding tert-OH is 2. The molecule has 0 radical (unpaired) electrons. The molecule has 0 amide bonds. The molecule has 2 saturated heterocycles. The molecule has 0 spiro atoms. The molecule has 322 valence electrons. The van der Waals surface area contributed by atoms with E-state index in [0.717, 1.165) is 28.3 Å². The van der Waals surface area contributed by atoms with Gasteiger partial charge in [0, 0.05) is 48.5 Å². The molecule has 3 aliphatic rings. The summed E-state index contributed by atoms with van der Waals surface area (Å²) in [5, 5.41) is 24.6. The monoisotopic (exact) mass is 817 g/mol. The molecule has 2 aromatic rings. The van der Waals surface area contributed by atoms with Crippen molar-refractivity contribution >= 4 is 28.9 Å². The van der Waals surface area contributed by atoms with Gasteiger partial charge in [0.2, 0.25) is 0 Å². The lowest BCUT2D eigenvalue weighted by Crippen LogP contribution is -2.64. The van der Waals surface area contributed by atoms with Gasteiger partial charge in [0.15, 0.2) is 12.1 Å². The zero-order valence-electron chi connectivity index (χ0n) is 35.6. The number of hydrogen-bond acceptors (Lipinski definition) is 13. The maximum atomic E-state index is 13.6. The van der Waals surface area contributed by atoms with Crippen LogP contribution in [0.5, 0.6) is 0 Å². The number of morpholine rings is 1. The first-order valence-corrected chi connectivity index (χ1v) is 20.9. The minimum absolute atomic E-state index is 0.0121. The Labute approximate surface area is 349 Å². The van der Waals surface area contributed by atoms with Gasteiger partial charge in [0.05, 0.1) is 55.5 Å². The number of carbonyl (C=O) groups excluding carboxylic acids is 3. The molecule has 2 N–H and O–H groups in total. The zero-order valence-corrected chi connectivity index (χ0v) is 35.6. The Balaban J connectivity index is 1.37. The van der Waals surface area contributed by atoms with Gasteiger partial charge in [0.25, 0.3) is 0 Å². The van der Waals surface area contributed by atoms with E-state index in [1.165, 1.54) is 0 Å². The van der Waals surface area contributed by atoms with E-state index >= 15 is 0 Å². The Morgan fingerprint density at radius 2 is 1.81 bits per heavy atom. The Hall–Kier alpha value is -3.84. The molecule has 13 heteroatoms. The Bertz CT molecular complexity index is 1830. The van der Waals surface area contributed by atoms with Crippen molar-refractivity contribution in [1.82, 2.24) is 14.8 Å². The lowest BCUT2D eigenvalue weighted by molar-refractivity contribution is -0.307. The van der Waals surface area contributed by atoms with E-state index in [4.69, 9.17) is 23.7 Å². The summed E-state index contributed by atoms with van der Waals surface area (Å²) >= 11 is 0. The average molecular weight is 818 g/mol. The van der Waals surface area contributed by atoms with Crippen LogP contribution in [0.4, 0.5) is 0 Å². The molecule has 12 atom stereocenters. The van der Waals surface area contributed by atoms with Gasteiger partial charge in [-0.05, 0) is 64.9 Å². The summed E-state index contributed by atoms with van der Waals surface area (Å²) in [7, 11) is 3.66. The summed E-state index contributed by atoms with van der Waals surface area (Å²) in [4.78, 5) is 47.9. The SMILES string of the molecule is CC[C@H]1OC(=O)C[C@@H](O)[C@H](C)[C@@H](O[C@@H]2O[C@H](C)[C@@H](OCC#Cc3cnc4ccccc4c3)[C@H](N(C)C)[C@H]2O)[C@@H](CC=O)C[C@@H](C)C(=O)/C=C/C(C)=C/[C@@H]1N1CCOCC1. The van der Waals surface area contributed by atoms with Crippen LogP contribution in [0, 0.1) is 29.6 Å². The summed E-state index contributed by atoms with van der Waals surface area (Å²) in [6.07, 6.45) is 2.04. The second-order valence-corrected chi connectivity index (χ2v) is 16.4. The molecule has 1 aromatic heterocycles. The van der Waals surface area contributed by atoms with E-state index < -0.39 is 72.7 Å². The van der Waals surface area contributed by atoms with Crippen molar-refractivity contribution < 1.29 is 48.3 Å². The van der Waals surface area contributed by atoms with Gasteiger partial charge in [-0.15, -0.1) is 0 Å². The molecular weight excluding hydrogens is 755 g/mol. The van der Waals surface area contributed by atoms with Crippen LogP contribution in [0.25, 0.3) is 10.9 Å². The molecule has 59 heavy (non-hydrogen) atoms. The fraction of sp³-hybridized carbons (Fsp3) is 0.609. The highest BCUT2D eigenvalue weighted by molar-refractivity contribution is 5.91. The summed E-state index contributed by atoms with van der Waals surface area (Å²) in [6, 6.07) is 8.93. The summed E-state index contributed by atoms with van der Waals surface area (Å²) < 4.78 is 30.9. The average Bonchev–Trinajstić information content (AvgIpc) is 3.22. The topological polar surface area (TPSA) is 157 Å². The Morgan fingerprint density at radius 3 is 2.53 bits per heavy atom. The quantitative estimate of drug-likeness (QED) is 0.212. The number of cyclic esters (lactones) is 1. The third-order valence-electron chi connectivity index (χ3n) is 11.8. The first-order valence-electron chi connectivity index (χ1n) is 20.9. The van der Waals surface area contributed by atoms with Crippen molar-refractivity contribution in [3.63, 3.8) is 0 Å². The Morgan fingerprint density at radius 1 is 1.07 bits per heavy atom. The van der Waals surface area contributed by atoms with Gasteiger partial charge < -0.3 is 43.6 Å². The lowest BCUT2D eigenvalue weighted by Gasteiger charge is -2.47. The van der Waals surface area contributed by atoms with Crippen molar-refractivity contribution in [1.29, 1.82) is 0 Å². The van der Waals surface area contributed by atoms with Gasteiger partial charge in [-0.3, -0.25) is 19.5 Å². The fourth-order valence-corrected chi connectivity index (χ4v) is 8.45. The van der Waals surface area contributed by atoms with E-state index in [1.807, 2.05) is 83.1 Å². The van der Waals surface area contributed by atoms with E-state index in [0.29, 0.717) is 32.7 Å². The van der Waals surface area contributed by atoms with E-state index in [2.05, 4.69) is 21.7 Å². The number of aldehydes is 1. The number of likely N-dealkylation sites (N-methyl/N-ethyl adjacent to an activating group) is 1. The number of esters is 1. The van der Waals surface area contributed by atoms with E-state index in [1.54, 1.807) is 25.3 Å². The maximum Gasteiger partial charge on any atom is 0.308 e. The highest BCUT2D eigenvalue weighted by Gasteiger charge is 2.48. The number of nitrogens with zero attached hydrogens (tertiary/aromatic N) is 3. The Kier molecular flexibility index (Phi) is 17.3. The van der Waals surface area contributed by atoms with Gasteiger partial charge in [0.1, 0.15) is 31.2 Å². The summed E-state index contributed by atoms with van der Waals surface area (Å²) in [6.45, 7) is 11.7. The molecular formula is C46H63N3O10. The molecule has 0 unspecified atom stereocenters. The minimum atomic E-state index is -1.24. The number of benzene rings is 1. The largest absolute Gasteiger partial charge is 0.460 e. The molecule has 1 aromatic carbocycles. The zero-order chi connectivity index (χ0) is 42.6. The predicted octanol–water partition coefficient (Wildman–Crippen LogP) is 4.12. The number of aliphatic hydroxyl groups is 2. The first-order chi connectivity index (χ1) is 28.3. The summed E-state index contributed by atoms with van der Waals surface area (Å²) in [5.74, 6) is 3.67. The van der Waals surface area contributed by atoms with Gasteiger partial charge in [-0.1, -0.05) is 68.5 Å². The van der Waals surface area contributed by atoms with Crippen LogP contribution in [0.15, 0.2) is 60.3 Å². The first kappa shape index (κ1) is 46.2. The molecule has 13 nitrogen and oxygen atoms in total. The lowest BCUT2D eigenvalue weighted by atomic mass is 9.79. The second kappa shape index (κ2) is 22.1. The number of ketones is 1. The summed E-state index contributed by atoms with van der Waals surface area (Å²) in [5.41, 5.74) is 2.48. The van der Waals surface area contributed by atoms with Crippen LogP contribution in [0.2, 0.25) is 0 Å². The smallest absolute Gasteiger partial charge is 0.308 e.